The van der Waals surface area contributed by atoms with Crippen molar-refractivity contribution >= 4 is 44.9 Å². The molecule has 152 valence electrons. The van der Waals surface area contributed by atoms with Gasteiger partial charge in [0, 0.05) is 39.3 Å². The van der Waals surface area contributed by atoms with Crippen LogP contribution in [-0.4, -0.2) is 68.1 Å². The molecule has 8 nitrogen and oxygen atoms in total. The molecule has 1 heterocycles. The molecule has 1 aromatic rings. The number of piperazine rings is 1. The number of hydrogen-bond acceptors (Lipinski definition) is 6. The molecule has 0 saturated carbocycles. The van der Waals surface area contributed by atoms with Gasteiger partial charge in [-0.2, -0.15) is 0 Å². The first-order valence-electron chi connectivity index (χ1n) is 7.73. The highest BCUT2D eigenvalue weighted by molar-refractivity contribution is 7.90. The third kappa shape index (κ3) is 6.61. The molecule has 26 heavy (non-hydrogen) atoms. The highest BCUT2D eigenvalue weighted by Crippen LogP contribution is 2.19. The molecule has 0 radical (unpaired) electrons. The predicted molar refractivity (Wildman–Crippen MR) is 106 cm³/mol. The standard InChI is InChI=1S/C14H24N4O4S2.2ClH/c1-12-11-13(3-4-14(12)24(21,22)15-2)23(19,20)17-7-10-18-8-5-16-6-9-18;;/h3-4,11,15-17H,5-10H2,1-2H3;2*1H. The minimum Gasteiger partial charge on any atom is -0.314 e. The van der Waals surface area contributed by atoms with E-state index in [1.54, 1.807) is 6.92 Å². The van der Waals surface area contributed by atoms with Gasteiger partial charge < -0.3 is 5.32 Å². The lowest BCUT2D eigenvalue weighted by molar-refractivity contribution is 0.245. The van der Waals surface area contributed by atoms with Crippen molar-refractivity contribution in [2.45, 2.75) is 16.7 Å². The van der Waals surface area contributed by atoms with Crippen molar-refractivity contribution in [3.63, 3.8) is 0 Å². The van der Waals surface area contributed by atoms with Crippen molar-refractivity contribution in [1.29, 1.82) is 0 Å². The van der Waals surface area contributed by atoms with Crippen molar-refractivity contribution in [1.82, 2.24) is 19.7 Å². The maximum atomic E-state index is 12.3. The van der Waals surface area contributed by atoms with E-state index in [2.05, 4.69) is 19.7 Å². The van der Waals surface area contributed by atoms with Gasteiger partial charge in [-0.15, -0.1) is 24.8 Å². The average Bonchev–Trinajstić information content (AvgIpc) is 2.55. The Hall–Kier alpha value is -0.460. The molecule has 3 N–H and O–H groups in total. The van der Waals surface area contributed by atoms with Gasteiger partial charge in [-0.1, -0.05) is 0 Å². The predicted octanol–water partition coefficient (Wildman–Crippen LogP) is -0.0698. The van der Waals surface area contributed by atoms with Crippen LogP contribution in [0.25, 0.3) is 0 Å². The summed E-state index contributed by atoms with van der Waals surface area (Å²) in [4.78, 5) is 2.33. The summed E-state index contributed by atoms with van der Waals surface area (Å²) in [6, 6.07) is 3.99. The molecule has 1 fully saturated rings. The minimum absolute atomic E-state index is 0. The van der Waals surface area contributed by atoms with Crippen LogP contribution in [0.1, 0.15) is 5.56 Å². The number of halogens is 2. The van der Waals surface area contributed by atoms with E-state index in [0.29, 0.717) is 18.7 Å². The van der Waals surface area contributed by atoms with Crippen molar-refractivity contribution in [3.8, 4) is 0 Å². The second kappa shape index (κ2) is 10.8. The van der Waals surface area contributed by atoms with Crippen LogP contribution in [0, 0.1) is 6.92 Å². The lowest BCUT2D eigenvalue weighted by Crippen LogP contribution is -2.46. The van der Waals surface area contributed by atoms with E-state index >= 15 is 0 Å². The summed E-state index contributed by atoms with van der Waals surface area (Å²) in [5, 5.41) is 3.24. The SMILES string of the molecule is CNS(=O)(=O)c1ccc(S(=O)(=O)NCCN2CCNCC2)cc1C.Cl.Cl. The second-order valence-electron chi connectivity index (χ2n) is 5.62. The van der Waals surface area contributed by atoms with Crippen LogP contribution in [0.3, 0.4) is 0 Å². The Morgan fingerprint density at radius 1 is 1.08 bits per heavy atom. The summed E-state index contributed by atoms with van der Waals surface area (Å²) < 4.78 is 53.2. The van der Waals surface area contributed by atoms with Gasteiger partial charge in [0.2, 0.25) is 20.0 Å². The van der Waals surface area contributed by atoms with E-state index < -0.39 is 20.0 Å². The van der Waals surface area contributed by atoms with E-state index in [-0.39, 0.29) is 34.6 Å². The van der Waals surface area contributed by atoms with Gasteiger partial charge in [-0.25, -0.2) is 26.3 Å². The Morgan fingerprint density at radius 2 is 1.69 bits per heavy atom. The zero-order valence-corrected chi connectivity index (χ0v) is 18.0. The van der Waals surface area contributed by atoms with Crippen molar-refractivity contribution < 1.29 is 16.8 Å². The Balaban J connectivity index is 0.00000312. The zero-order valence-electron chi connectivity index (χ0n) is 14.7. The monoisotopic (exact) mass is 448 g/mol. The Labute approximate surface area is 168 Å². The van der Waals surface area contributed by atoms with E-state index in [4.69, 9.17) is 0 Å². The maximum Gasteiger partial charge on any atom is 0.240 e. The highest BCUT2D eigenvalue weighted by Gasteiger charge is 2.20. The smallest absolute Gasteiger partial charge is 0.240 e. The highest BCUT2D eigenvalue weighted by atomic mass is 35.5. The molecule has 0 atom stereocenters. The fourth-order valence-corrected chi connectivity index (χ4v) is 4.61. The van der Waals surface area contributed by atoms with Crippen LogP contribution in [0.2, 0.25) is 0 Å². The normalized spacial score (nSPS) is 15.8. The molecule has 0 aromatic heterocycles. The van der Waals surface area contributed by atoms with E-state index in [0.717, 1.165) is 26.2 Å². The van der Waals surface area contributed by atoms with E-state index in [1.807, 2.05) is 0 Å². The topological polar surface area (TPSA) is 108 Å². The van der Waals surface area contributed by atoms with Crippen LogP contribution < -0.4 is 14.8 Å². The molecule has 0 spiro atoms. The summed E-state index contributed by atoms with van der Waals surface area (Å²) in [6.07, 6.45) is 0. The minimum atomic E-state index is -3.66. The molecule has 2 rings (SSSR count). The Bertz CT molecular complexity index is 782. The molecule has 0 aliphatic carbocycles. The van der Waals surface area contributed by atoms with Crippen LogP contribution in [0.5, 0.6) is 0 Å². The summed E-state index contributed by atoms with van der Waals surface area (Å²) >= 11 is 0. The first-order valence-corrected chi connectivity index (χ1v) is 10.7. The van der Waals surface area contributed by atoms with Crippen LogP contribution >= 0.6 is 24.8 Å². The lowest BCUT2D eigenvalue weighted by Gasteiger charge is -2.27. The van der Waals surface area contributed by atoms with Gasteiger partial charge in [0.05, 0.1) is 9.79 Å². The van der Waals surface area contributed by atoms with Gasteiger partial charge in [0.15, 0.2) is 0 Å². The molecule has 12 heteroatoms. The van der Waals surface area contributed by atoms with Crippen molar-refractivity contribution in [2.75, 3.05) is 46.3 Å². The number of benzene rings is 1. The van der Waals surface area contributed by atoms with Crippen LogP contribution in [0.15, 0.2) is 28.0 Å². The summed E-state index contributed by atoms with van der Waals surface area (Å²) in [6.45, 7) is 6.16. The maximum absolute atomic E-state index is 12.3. The third-order valence-electron chi connectivity index (χ3n) is 3.94. The summed E-state index contributed by atoms with van der Waals surface area (Å²) in [5.41, 5.74) is 0.384. The van der Waals surface area contributed by atoms with Crippen LogP contribution in [-0.2, 0) is 20.0 Å². The van der Waals surface area contributed by atoms with E-state index in [9.17, 15) is 16.8 Å². The molecular weight excluding hydrogens is 423 g/mol. The van der Waals surface area contributed by atoms with Crippen LogP contribution in [0.4, 0.5) is 0 Å². The first-order chi connectivity index (χ1) is 11.3. The van der Waals surface area contributed by atoms with Gasteiger partial charge in [0.25, 0.3) is 0 Å². The first kappa shape index (κ1) is 25.5. The molecule has 0 bridgehead atoms. The largest absolute Gasteiger partial charge is 0.314 e. The number of nitrogens with one attached hydrogen (secondary N) is 3. The fourth-order valence-electron chi connectivity index (χ4n) is 2.56. The van der Waals surface area contributed by atoms with Gasteiger partial charge in [-0.05, 0) is 37.7 Å². The molecule has 1 aliphatic rings. The van der Waals surface area contributed by atoms with E-state index in [1.165, 1.54) is 25.2 Å². The fraction of sp³-hybridized carbons (Fsp3) is 0.571. The average molecular weight is 449 g/mol. The number of sulfonamides is 2. The summed E-state index contributed by atoms with van der Waals surface area (Å²) in [7, 11) is -5.94. The van der Waals surface area contributed by atoms with Crippen molar-refractivity contribution in [2.24, 2.45) is 0 Å². The Morgan fingerprint density at radius 3 is 2.23 bits per heavy atom. The Kier molecular flexibility index (Phi) is 10.6. The van der Waals surface area contributed by atoms with Gasteiger partial charge >= 0.3 is 0 Å². The molecule has 0 unspecified atom stereocenters. The number of rotatable bonds is 7. The lowest BCUT2D eigenvalue weighted by atomic mass is 10.2. The van der Waals surface area contributed by atoms with Crippen molar-refractivity contribution in [3.05, 3.63) is 23.8 Å². The van der Waals surface area contributed by atoms with Gasteiger partial charge in [-0.3, -0.25) is 4.90 Å². The number of hydrogen-bond donors (Lipinski definition) is 3. The number of aryl methyl sites for hydroxylation is 1. The third-order valence-corrected chi connectivity index (χ3v) is 6.98. The van der Waals surface area contributed by atoms with Gasteiger partial charge in [0.1, 0.15) is 0 Å². The second-order valence-corrected chi connectivity index (χ2v) is 9.25. The number of nitrogens with zero attached hydrogens (tertiary/aromatic N) is 1. The molecule has 1 aromatic carbocycles. The molecule has 1 saturated heterocycles. The zero-order chi connectivity index (χ0) is 17.8. The molecular formula is C14H26Cl2N4O4S2. The molecule has 1 aliphatic heterocycles. The quantitative estimate of drug-likeness (QED) is 0.538. The summed E-state index contributed by atoms with van der Waals surface area (Å²) in [5.74, 6) is 0. The molecule has 0 amide bonds.